The molecule has 126 valence electrons. The summed E-state index contributed by atoms with van der Waals surface area (Å²) in [7, 11) is -3.03. The van der Waals surface area contributed by atoms with Crippen LogP contribution in [0.4, 0.5) is 0 Å². The Hall–Kier alpha value is -1.89. The summed E-state index contributed by atoms with van der Waals surface area (Å²) in [6, 6.07) is 6.42. The molecule has 0 atom stereocenters. The van der Waals surface area contributed by atoms with Crippen LogP contribution in [0.5, 0.6) is 0 Å². The molecule has 1 saturated carbocycles. The van der Waals surface area contributed by atoms with Crippen LogP contribution in [0.2, 0.25) is 0 Å². The van der Waals surface area contributed by atoms with Gasteiger partial charge in [0.2, 0.25) is 5.91 Å². The Morgan fingerprint density at radius 3 is 2.30 bits per heavy atom. The summed E-state index contributed by atoms with van der Waals surface area (Å²) < 4.78 is 22.7. The number of carbonyl (C=O) groups excluding carboxylic acids is 1. The van der Waals surface area contributed by atoms with E-state index in [4.69, 9.17) is 5.11 Å². The van der Waals surface area contributed by atoms with Crippen molar-refractivity contribution in [1.82, 2.24) is 5.32 Å². The van der Waals surface area contributed by atoms with Crippen molar-refractivity contribution < 1.29 is 23.1 Å². The molecule has 0 spiro atoms. The van der Waals surface area contributed by atoms with Gasteiger partial charge in [-0.3, -0.25) is 4.79 Å². The van der Waals surface area contributed by atoms with Crippen molar-refractivity contribution in [1.29, 1.82) is 0 Å². The predicted molar refractivity (Wildman–Crippen MR) is 86.1 cm³/mol. The Morgan fingerprint density at radius 1 is 1.22 bits per heavy atom. The first-order valence-electron chi connectivity index (χ1n) is 7.46. The van der Waals surface area contributed by atoms with Crippen LogP contribution in [0.25, 0.3) is 0 Å². The van der Waals surface area contributed by atoms with Crippen molar-refractivity contribution in [2.75, 3.05) is 18.6 Å². The number of aryl methyl sites for hydroxylation is 1. The van der Waals surface area contributed by atoms with Crippen LogP contribution >= 0.6 is 0 Å². The third kappa shape index (κ3) is 5.67. The molecule has 1 aliphatic rings. The quantitative estimate of drug-likeness (QED) is 0.742. The zero-order valence-electron chi connectivity index (χ0n) is 13.0. The number of rotatable bonds is 8. The summed E-state index contributed by atoms with van der Waals surface area (Å²) >= 11 is 0. The number of carboxylic acids is 1. The molecule has 6 nitrogen and oxygen atoms in total. The van der Waals surface area contributed by atoms with Gasteiger partial charge >= 0.3 is 5.97 Å². The van der Waals surface area contributed by atoms with E-state index in [0.717, 1.165) is 18.4 Å². The number of aromatic carboxylic acids is 1. The van der Waals surface area contributed by atoms with Crippen LogP contribution in [0.1, 0.15) is 35.2 Å². The smallest absolute Gasteiger partial charge is 0.335 e. The van der Waals surface area contributed by atoms with E-state index in [1.54, 1.807) is 12.1 Å². The van der Waals surface area contributed by atoms with Crippen molar-refractivity contribution in [3.63, 3.8) is 0 Å². The van der Waals surface area contributed by atoms with Gasteiger partial charge < -0.3 is 10.4 Å². The van der Waals surface area contributed by atoms with Crippen molar-refractivity contribution in [3.05, 3.63) is 35.4 Å². The Balaban J connectivity index is 1.76. The second kappa shape index (κ2) is 6.70. The largest absolute Gasteiger partial charge is 0.478 e. The van der Waals surface area contributed by atoms with E-state index in [9.17, 15) is 18.0 Å². The number of amides is 1. The average Bonchev–Trinajstić information content (AvgIpc) is 3.21. The molecule has 7 heteroatoms. The maximum absolute atomic E-state index is 11.9. The van der Waals surface area contributed by atoms with Crippen LogP contribution in [0.3, 0.4) is 0 Å². The first-order chi connectivity index (χ1) is 10.7. The highest BCUT2D eigenvalue weighted by molar-refractivity contribution is 7.90. The van der Waals surface area contributed by atoms with E-state index in [-0.39, 0.29) is 22.6 Å². The molecule has 23 heavy (non-hydrogen) atoms. The predicted octanol–water partition coefficient (Wildman–Crippen LogP) is 1.26. The normalized spacial score (nSPS) is 15.9. The van der Waals surface area contributed by atoms with E-state index < -0.39 is 15.8 Å². The van der Waals surface area contributed by atoms with E-state index in [1.165, 1.54) is 18.4 Å². The van der Waals surface area contributed by atoms with Gasteiger partial charge in [-0.15, -0.1) is 0 Å². The van der Waals surface area contributed by atoms with E-state index in [1.807, 2.05) is 0 Å². The summed E-state index contributed by atoms with van der Waals surface area (Å²) in [5.74, 6) is -0.973. The lowest BCUT2D eigenvalue weighted by Gasteiger charge is -2.14. The fraction of sp³-hybridized carbons (Fsp3) is 0.500. The second-order valence-electron chi connectivity index (χ2n) is 6.35. The molecule has 0 heterocycles. The Morgan fingerprint density at radius 2 is 1.83 bits per heavy atom. The van der Waals surface area contributed by atoms with Gasteiger partial charge in [0, 0.05) is 24.6 Å². The molecular formula is C16H21NO5S. The van der Waals surface area contributed by atoms with Crippen LogP contribution in [0, 0.1) is 5.41 Å². The summed E-state index contributed by atoms with van der Waals surface area (Å²) in [5.41, 5.74) is 0.837. The molecule has 0 unspecified atom stereocenters. The number of hydrogen-bond acceptors (Lipinski definition) is 4. The number of benzene rings is 1. The standard InChI is InChI=1S/C16H21NO5S/c1-23(21,22)11-16(8-9-16)10-17-14(18)7-4-12-2-5-13(6-3-12)15(19)20/h2-3,5-6H,4,7-11H2,1H3,(H,17,18)(H,19,20). The topological polar surface area (TPSA) is 101 Å². The van der Waals surface area contributed by atoms with Crippen LogP contribution in [0.15, 0.2) is 24.3 Å². The lowest BCUT2D eigenvalue weighted by molar-refractivity contribution is -0.121. The highest BCUT2D eigenvalue weighted by Gasteiger charge is 2.45. The molecular weight excluding hydrogens is 318 g/mol. The summed E-state index contributed by atoms with van der Waals surface area (Å²) in [6.07, 6.45) is 3.69. The van der Waals surface area contributed by atoms with Crippen molar-refractivity contribution in [3.8, 4) is 0 Å². The molecule has 0 aromatic heterocycles. The summed E-state index contributed by atoms with van der Waals surface area (Å²) in [5, 5.41) is 11.6. The molecule has 0 bridgehead atoms. The first kappa shape index (κ1) is 17.5. The molecule has 0 saturated heterocycles. The lowest BCUT2D eigenvalue weighted by atomic mass is 10.1. The molecule has 0 radical (unpaired) electrons. The van der Waals surface area contributed by atoms with E-state index >= 15 is 0 Å². The molecule has 0 aliphatic heterocycles. The van der Waals surface area contributed by atoms with Gasteiger partial charge in [-0.05, 0) is 37.0 Å². The molecule has 1 aromatic rings. The lowest BCUT2D eigenvalue weighted by Crippen LogP contribution is -2.33. The van der Waals surface area contributed by atoms with Crippen LogP contribution < -0.4 is 5.32 Å². The Bertz CT molecular complexity index is 690. The zero-order chi connectivity index (χ0) is 17.1. The van der Waals surface area contributed by atoms with Gasteiger partial charge in [-0.1, -0.05) is 12.1 Å². The average molecular weight is 339 g/mol. The number of nitrogens with one attached hydrogen (secondary N) is 1. The number of carboxylic acid groups (broad SMARTS) is 1. The van der Waals surface area contributed by atoms with Crippen molar-refractivity contribution in [2.45, 2.75) is 25.7 Å². The summed E-state index contributed by atoms with van der Waals surface area (Å²) in [6.45, 7) is 0.400. The Kier molecular flexibility index (Phi) is 5.09. The first-order valence-corrected chi connectivity index (χ1v) is 9.52. The second-order valence-corrected chi connectivity index (χ2v) is 8.49. The minimum atomic E-state index is -3.03. The maximum Gasteiger partial charge on any atom is 0.335 e. The highest BCUT2D eigenvalue weighted by atomic mass is 32.2. The van der Waals surface area contributed by atoms with E-state index in [2.05, 4.69) is 5.32 Å². The molecule has 2 rings (SSSR count). The highest BCUT2D eigenvalue weighted by Crippen LogP contribution is 2.46. The van der Waals surface area contributed by atoms with E-state index in [0.29, 0.717) is 19.4 Å². The third-order valence-electron chi connectivity index (χ3n) is 4.03. The monoisotopic (exact) mass is 339 g/mol. The third-order valence-corrected chi connectivity index (χ3v) is 5.16. The van der Waals surface area contributed by atoms with Crippen LogP contribution in [-0.4, -0.2) is 44.0 Å². The Labute approximate surface area is 135 Å². The molecule has 1 aromatic carbocycles. The number of carbonyl (C=O) groups is 2. The molecule has 2 N–H and O–H groups in total. The van der Waals surface area contributed by atoms with Gasteiger partial charge in [0.05, 0.1) is 11.3 Å². The minimum Gasteiger partial charge on any atom is -0.478 e. The molecule has 1 aliphatic carbocycles. The SMILES string of the molecule is CS(=O)(=O)CC1(CNC(=O)CCc2ccc(C(=O)O)cc2)CC1. The van der Waals surface area contributed by atoms with Crippen LogP contribution in [-0.2, 0) is 21.1 Å². The van der Waals surface area contributed by atoms with Gasteiger partial charge in [-0.25, -0.2) is 13.2 Å². The maximum atomic E-state index is 11.9. The summed E-state index contributed by atoms with van der Waals surface area (Å²) in [4.78, 5) is 22.6. The fourth-order valence-electron chi connectivity index (χ4n) is 2.55. The number of hydrogen-bond donors (Lipinski definition) is 2. The molecule has 1 amide bonds. The van der Waals surface area contributed by atoms with Gasteiger partial charge in [0.25, 0.3) is 0 Å². The van der Waals surface area contributed by atoms with Gasteiger partial charge in [0.15, 0.2) is 0 Å². The zero-order valence-corrected chi connectivity index (χ0v) is 13.9. The van der Waals surface area contributed by atoms with Crippen molar-refractivity contribution in [2.24, 2.45) is 5.41 Å². The van der Waals surface area contributed by atoms with Gasteiger partial charge in [-0.2, -0.15) is 0 Å². The fourth-order valence-corrected chi connectivity index (χ4v) is 4.05. The minimum absolute atomic E-state index is 0.118. The molecule has 1 fully saturated rings. The van der Waals surface area contributed by atoms with Crippen molar-refractivity contribution >= 4 is 21.7 Å². The number of sulfone groups is 1. The van der Waals surface area contributed by atoms with Gasteiger partial charge in [0.1, 0.15) is 9.84 Å².